The van der Waals surface area contributed by atoms with E-state index in [4.69, 9.17) is 11.6 Å². The molecule has 1 aliphatic heterocycles. The molecule has 0 N–H and O–H groups in total. The minimum Gasteiger partial charge on any atom is -0.336 e. The number of rotatable bonds is 5. The highest BCUT2D eigenvalue weighted by atomic mass is 35.5. The molecule has 2 fully saturated rings. The molecule has 1 amide bonds. The van der Waals surface area contributed by atoms with Gasteiger partial charge in [-0.3, -0.25) is 9.78 Å². The summed E-state index contributed by atoms with van der Waals surface area (Å²) in [5.41, 5.74) is 3.84. The van der Waals surface area contributed by atoms with Gasteiger partial charge >= 0.3 is 0 Å². The van der Waals surface area contributed by atoms with Gasteiger partial charge in [0.2, 0.25) is 0 Å². The standard InChI is InChI=1S/C26H26ClN5OS/c1-30(2)34-32-13-11-31(12-14-32)25(33)22-16-29-23-8-7-20(27)15-21(23)24(22)18-3-5-19(6-4-18)26(17-28)9-10-26/h3-8,15-16H,9-14H2,1-2H3. The molecule has 2 heterocycles. The van der Waals surface area contributed by atoms with Crippen LogP contribution in [0.3, 0.4) is 0 Å². The van der Waals surface area contributed by atoms with Crippen LogP contribution in [0.2, 0.25) is 5.02 Å². The Morgan fingerprint density at radius 3 is 2.44 bits per heavy atom. The second-order valence-electron chi connectivity index (χ2n) is 9.09. The second-order valence-corrected chi connectivity index (χ2v) is 10.9. The molecule has 6 nitrogen and oxygen atoms in total. The summed E-state index contributed by atoms with van der Waals surface area (Å²) in [6.45, 7) is 2.94. The molecule has 34 heavy (non-hydrogen) atoms. The predicted molar refractivity (Wildman–Crippen MR) is 137 cm³/mol. The molecule has 0 spiro atoms. The minimum atomic E-state index is -0.342. The van der Waals surface area contributed by atoms with E-state index in [0.717, 1.165) is 53.5 Å². The van der Waals surface area contributed by atoms with Gasteiger partial charge in [-0.15, -0.1) is 0 Å². The van der Waals surface area contributed by atoms with Crippen molar-refractivity contribution in [3.05, 3.63) is 64.8 Å². The Morgan fingerprint density at radius 2 is 1.82 bits per heavy atom. The van der Waals surface area contributed by atoms with Crippen molar-refractivity contribution < 1.29 is 4.79 Å². The molecule has 1 aromatic heterocycles. The number of piperazine rings is 1. The van der Waals surface area contributed by atoms with Crippen molar-refractivity contribution in [1.29, 1.82) is 5.26 Å². The Labute approximate surface area is 209 Å². The lowest BCUT2D eigenvalue weighted by atomic mass is 9.91. The van der Waals surface area contributed by atoms with Crippen LogP contribution in [0.5, 0.6) is 0 Å². The predicted octanol–water partition coefficient (Wildman–Crippen LogP) is 4.99. The molecule has 3 aromatic rings. The van der Waals surface area contributed by atoms with Gasteiger partial charge < -0.3 is 4.90 Å². The monoisotopic (exact) mass is 491 g/mol. The van der Waals surface area contributed by atoms with E-state index in [9.17, 15) is 10.1 Å². The topological polar surface area (TPSA) is 63.5 Å². The van der Waals surface area contributed by atoms with Gasteiger partial charge in [0.15, 0.2) is 0 Å². The molecule has 5 rings (SSSR count). The number of nitriles is 1. The summed E-state index contributed by atoms with van der Waals surface area (Å²) in [6.07, 6.45) is 3.50. The highest BCUT2D eigenvalue weighted by molar-refractivity contribution is 7.94. The van der Waals surface area contributed by atoms with Crippen LogP contribution in [-0.2, 0) is 5.41 Å². The number of benzene rings is 2. The van der Waals surface area contributed by atoms with E-state index in [1.807, 2.05) is 61.5 Å². The largest absolute Gasteiger partial charge is 0.336 e. The second kappa shape index (κ2) is 9.20. The molecule has 2 aromatic carbocycles. The van der Waals surface area contributed by atoms with E-state index in [-0.39, 0.29) is 11.3 Å². The summed E-state index contributed by atoms with van der Waals surface area (Å²) in [5.74, 6) is -0.0151. The molecule has 1 saturated heterocycles. The van der Waals surface area contributed by atoms with E-state index in [0.29, 0.717) is 23.7 Å². The zero-order valence-electron chi connectivity index (χ0n) is 19.3. The first-order chi connectivity index (χ1) is 16.4. The van der Waals surface area contributed by atoms with Crippen LogP contribution in [0.4, 0.5) is 0 Å². The number of pyridine rings is 1. The van der Waals surface area contributed by atoms with Crippen molar-refractivity contribution in [2.24, 2.45) is 0 Å². The van der Waals surface area contributed by atoms with E-state index in [2.05, 4.69) is 19.7 Å². The summed E-state index contributed by atoms with van der Waals surface area (Å²) < 4.78 is 4.33. The lowest BCUT2D eigenvalue weighted by molar-refractivity contribution is 0.0703. The molecule has 1 aliphatic carbocycles. The minimum absolute atomic E-state index is 0.0151. The fourth-order valence-electron chi connectivity index (χ4n) is 4.56. The first-order valence-electron chi connectivity index (χ1n) is 11.4. The third-order valence-corrected chi connectivity index (χ3v) is 7.71. The maximum absolute atomic E-state index is 13.7. The average molecular weight is 492 g/mol. The van der Waals surface area contributed by atoms with Gasteiger partial charge in [-0.2, -0.15) is 5.26 Å². The van der Waals surface area contributed by atoms with Gasteiger partial charge in [-0.05, 0) is 56.3 Å². The highest BCUT2D eigenvalue weighted by Gasteiger charge is 2.44. The Morgan fingerprint density at radius 1 is 1.12 bits per heavy atom. The first kappa shape index (κ1) is 23.1. The number of carbonyl (C=O) groups excluding carboxylic acids is 1. The van der Waals surface area contributed by atoms with Gasteiger partial charge in [0.1, 0.15) is 0 Å². The number of aromatic nitrogens is 1. The molecule has 8 heteroatoms. The fraction of sp³-hybridized carbons (Fsp3) is 0.346. The molecule has 0 radical (unpaired) electrons. The van der Waals surface area contributed by atoms with Gasteiger partial charge in [0.05, 0.1) is 22.6 Å². The Balaban J connectivity index is 1.52. The lowest BCUT2D eigenvalue weighted by Crippen LogP contribution is -2.47. The van der Waals surface area contributed by atoms with Gasteiger partial charge in [-0.1, -0.05) is 35.9 Å². The number of nitrogens with zero attached hydrogens (tertiary/aromatic N) is 5. The summed E-state index contributed by atoms with van der Waals surface area (Å²) in [5, 5.41) is 11.0. The van der Waals surface area contributed by atoms with Crippen molar-refractivity contribution in [3.8, 4) is 17.2 Å². The molecule has 2 aliphatic rings. The first-order valence-corrected chi connectivity index (χ1v) is 12.5. The summed E-state index contributed by atoms with van der Waals surface area (Å²) in [6, 6.07) is 16.1. The zero-order chi connectivity index (χ0) is 23.9. The van der Waals surface area contributed by atoms with Gasteiger partial charge in [0, 0.05) is 60.5 Å². The molecule has 0 bridgehead atoms. The maximum Gasteiger partial charge on any atom is 0.256 e. The smallest absolute Gasteiger partial charge is 0.256 e. The van der Waals surface area contributed by atoms with Crippen molar-refractivity contribution in [2.45, 2.75) is 18.3 Å². The van der Waals surface area contributed by atoms with E-state index in [1.165, 1.54) is 0 Å². The van der Waals surface area contributed by atoms with Crippen molar-refractivity contribution in [1.82, 2.24) is 18.5 Å². The molecular weight excluding hydrogens is 466 g/mol. The van der Waals surface area contributed by atoms with E-state index >= 15 is 0 Å². The Bertz CT molecular complexity index is 1270. The Hall–Kier alpha value is -2.63. The van der Waals surface area contributed by atoms with Crippen molar-refractivity contribution >= 4 is 40.5 Å². The van der Waals surface area contributed by atoms with Crippen molar-refractivity contribution in [3.63, 3.8) is 0 Å². The van der Waals surface area contributed by atoms with Crippen LogP contribution < -0.4 is 0 Å². The van der Waals surface area contributed by atoms with Crippen LogP contribution in [0.15, 0.2) is 48.7 Å². The lowest BCUT2D eigenvalue weighted by Gasteiger charge is -2.35. The third kappa shape index (κ3) is 4.39. The summed E-state index contributed by atoms with van der Waals surface area (Å²) in [7, 11) is 4.04. The fourth-order valence-corrected chi connectivity index (χ4v) is 5.52. The number of halogens is 1. The summed E-state index contributed by atoms with van der Waals surface area (Å²) >= 11 is 8.03. The van der Waals surface area contributed by atoms with Crippen LogP contribution in [0, 0.1) is 11.3 Å². The number of hydrogen-bond acceptors (Lipinski definition) is 6. The van der Waals surface area contributed by atoms with Gasteiger partial charge in [-0.25, -0.2) is 8.61 Å². The number of fused-ring (bicyclic) bond motifs is 1. The van der Waals surface area contributed by atoms with Crippen LogP contribution in [-0.4, -0.2) is 64.7 Å². The molecule has 0 atom stereocenters. The van der Waals surface area contributed by atoms with Crippen LogP contribution in [0.25, 0.3) is 22.0 Å². The third-order valence-electron chi connectivity index (χ3n) is 6.56. The highest BCUT2D eigenvalue weighted by Crippen LogP contribution is 2.48. The quantitative estimate of drug-likeness (QED) is 0.468. The normalized spacial score (nSPS) is 17.7. The number of hydrogen-bond donors (Lipinski definition) is 0. The molecule has 0 unspecified atom stereocenters. The number of amides is 1. The van der Waals surface area contributed by atoms with E-state index < -0.39 is 0 Å². The van der Waals surface area contributed by atoms with Crippen LogP contribution in [0.1, 0.15) is 28.8 Å². The maximum atomic E-state index is 13.7. The van der Waals surface area contributed by atoms with Gasteiger partial charge in [0.25, 0.3) is 5.91 Å². The van der Waals surface area contributed by atoms with Crippen molar-refractivity contribution in [2.75, 3.05) is 40.3 Å². The zero-order valence-corrected chi connectivity index (χ0v) is 20.9. The Kier molecular flexibility index (Phi) is 6.26. The average Bonchev–Trinajstić information content (AvgIpc) is 3.64. The van der Waals surface area contributed by atoms with Crippen LogP contribution >= 0.6 is 23.7 Å². The number of carbonyl (C=O) groups is 1. The molecular formula is C26H26ClN5OS. The summed E-state index contributed by atoms with van der Waals surface area (Å²) in [4.78, 5) is 20.2. The SMILES string of the molecule is CN(C)SN1CCN(C(=O)c2cnc3ccc(Cl)cc3c2-c2ccc(C3(C#N)CC3)cc2)CC1. The van der Waals surface area contributed by atoms with E-state index in [1.54, 1.807) is 18.3 Å². The molecule has 1 saturated carbocycles. The molecule has 174 valence electrons.